The van der Waals surface area contributed by atoms with Crippen LogP contribution in [0.1, 0.15) is 110 Å². The van der Waals surface area contributed by atoms with Crippen molar-refractivity contribution in [3.05, 3.63) is 0 Å². The van der Waals surface area contributed by atoms with E-state index in [4.69, 9.17) is 9.79 Å². The zero-order valence-electron chi connectivity index (χ0n) is 17.3. The van der Waals surface area contributed by atoms with Crippen molar-refractivity contribution in [1.29, 1.82) is 0 Å². The minimum atomic E-state index is -4.43. The monoisotopic (exact) mass is 431 g/mol. The fourth-order valence-electron chi connectivity index (χ4n) is 3.10. The van der Waals surface area contributed by atoms with Crippen LogP contribution < -0.4 is 5.32 Å². The van der Waals surface area contributed by atoms with Gasteiger partial charge in [-0.25, -0.2) is 4.57 Å². The Bertz CT molecular complexity index is 393. The zero-order chi connectivity index (χ0) is 20.2. The molecule has 0 saturated heterocycles. The van der Waals surface area contributed by atoms with E-state index in [9.17, 15) is 9.36 Å². The summed E-state index contributed by atoms with van der Waals surface area (Å²) in [5.41, 5.74) is 0. The molecule has 0 aromatic heterocycles. The molecule has 0 atom stereocenters. The van der Waals surface area contributed by atoms with E-state index in [1.165, 1.54) is 83.5 Å². The molecule has 0 fully saturated rings. The minimum absolute atomic E-state index is 0. The third kappa shape index (κ3) is 26.6. The molecule has 6 nitrogen and oxygen atoms in total. The first-order chi connectivity index (χ1) is 13.0. The van der Waals surface area contributed by atoms with Gasteiger partial charge in [0.15, 0.2) is 0 Å². The van der Waals surface area contributed by atoms with Crippen molar-refractivity contribution in [3.8, 4) is 0 Å². The number of carbonyl (C=O) groups excluding carboxylic acids is 1. The van der Waals surface area contributed by atoms with E-state index in [-0.39, 0.29) is 48.6 Å². The Kier molecular flexibility index (Phi) is 24.5. The Hall–Kier alpha value is 0.580. The number of rotatable bonds is 20. The van der Waals surface area contributed by atoms with Gasteiger partial charge in [0, 0.05) is 13.0 Å². The normalized spacial score (nSPS) is 11.2. The third-order valence-corrected chi connectivity index (χ3v) is 5.21. The molecular weight excluding hydrogens is 388 g/mol. The second kappa shape index (κ2) is 22.3. The van der Waals surface area contributed by atoms with Crippen LogP contribution in [0.4, 0.5) is 0 Å². The van der Waals surface area contributed by atoms with Crippen molar-refractivity contribution in [2.24, 2.45) is 0 Å². The second-order valence-corrected chi connectivity index (χ2v) is 8.61. The Morgan fingerprint density at radius 1 is 0.786 bits per heavy atom. The SMILES string of the molecule is CCCCCCCCCCCCCCCCCC(=O)NCCOP(=O)(O)O.[NaH]. The Morgan fingerprint density at radius 2 is 1.18 bits per heavy atom. The molecule has 0 bridgehead atoms. The van der Waals surface area contributed by atoms with E-state index in [1.807, 2.05) is 0 Å². The third-order valence-electron chi connectivity index (χ3n) is 4.69. The number of phosphoric ester groups is 1. The fourth-order valence-corrected chi connectivity index (χ4v) is 3.43. The molecule has 0 aliphatic rings. The quantitative estimate of drug-likeness (QED) is 0.146. The zero-order valence-corrected chi connectivity index (χ0v) is 18.2. The summed E-state index contributed by atoms with van der Waals surface area (Å²) in [7, 11) is -4.43. The molecule has 28 heavy (non-hydrogen) atoms. The number of hydrogen-bond donors (Lipinski definition) is 3. The van der Waals surface area contributed by atoms with Crippen LogP contribution in [-0.4, -0.2) is 58.4 Å². The van der Waals surface area contributed by atoms with Crippen molar-refractivity contribution in [2.45, 2.75) is 110 Å². The van der Waals surface area contributed by atoms with Crippen molar-refractivity contribution in [2.75, 3.05) is 13.2 Å². The molecule has 1 amide bonds. The molecule has 0 rings (SSSR count). The summed E-state index contributed by atoms with van der Waals surface area (Å²) in [4.78, 5) is 28.6. The number of carbonyl (C=O) groups is 1. The van der Waals surface area contributed by atoms with Crippen LogP contribution in [-0.2, 0) is 13.9 Å². The summed E-state index contributed by atoms with van der Waals surface area (Å²) in [5.74, 6) is -0.0843. The maximum atomic E-state index is 11.5. The molecule has 0 aliphatic carbocycles. The molecule has 3 N–H and O–H groups in total. The second-order valence-electron chi connectivity index (χ2n) is 7.37. The van der Waals surface area contributed by atoms with Gasteiger partial charge in [-0.2, -0.15) is 0 Å². The topological polar surface area (TPSA) is 95.9 Å². The van der Waals surface area contributed by atoms with Gasteiger partial charge in [0.05, 0.1) is 6.61 Å². The molecule has 0 unspecified atom stereocenters. The molecule has 0 aromatic rings. The van der Waals surface area contributed by atoms with Gasteiger partial charge in [0.2, 0.25) is 5.91 Å². The predicted molar refractivity (Wildman–Crippen MR) is 118 cm³/mol. The van der Waals surface area contributed by atoms with Crippen molar-refractivity contribution >= 4 is 43.3 Å². The van der Waals surface area contributed by atoms with Crippen LogP contribution in [0.2, 0.25) is 0 Å². The average Bonchev–Trinajstić information content (AvgIpc) is 2.61. The van der Waals surface area contributed by atoms with E-state index in [0.717, 1.165) is 12.8 Å². The van der Waals surface area contributed by atoms with E-state index in [2.05, 4.69) is 16.8 Å². The summed E-state index contributed by atoms with van der Waals surface area (Å²) in [6.45, 7) is 2.21. The molecule has 8 heteroatoms. The first-order valence-corrected chi connectivity index (χ1v) is 12.5. The number of phosphoric acid groups is 1. The molecule has 0 aromatic carbocycles. The summed E-state index contributed by atoms with van der Waals surface area (Å²) in [6, 6.07) is 0. The standard InChI is InChI=1S/C20H42NO5P.Na.H/c1-2-3-4-5-6-7-8-9-10-11-12-13-14-15-16-17-20(22)21-18-19-26-27(23,24)25;;/h2-19H2,1H3,(H,21,22)(H2,23,24,25);;. The number of hydrogen-bond acceptors (Lipinski definition) is 3. The summed E-state index contributed by atoms with van der Waals surface area (Å²) in [5, 5.41) is 2.60. The van der Waals surface area contributed by atoms with Crippen LogP contribution in [0.25, 0.3) is 0 Å². The fraction of sp³-hybridized carbons (Fsp3) is 0.950. The van der Waals surface area contributed by atoms with Gasteiger partial charge >= 0.3 is 37.4 Å². The van der Waals surface area contributed by atoms with Crippen LogP contribution in [0.15, 0.2) is 0 Å². The van der Waals surface area contributed by atoms with Gasteiger partial charge in [-0.3, -0.25) is 9.32 Å². The van der Waals surface area contributed by atoms with Gasteiger partial charge in [-0.15, -0.1) is 0 Å². The van der Waals surface area contributed by atoms with Crippen LogP contribution in [0.5, 0.6) is 0 Å². The molecule has 0 heterocycles. The van der Waals surface area contributed by atoms with E-state index in [0.29, 0.717) is 6.42 Å². The van der Waals surface area contributed by atoms with E-state index in [1.54, 1.807) is 0 Å². The molecule has 164 valence electrons. The average molecular weight is 432 g/mol. The van der Waals surface area contributed by atoms with Gasteiger partial charge in [0.1, 0.15) is 0 Å². The summed E-state index contributed by atoms with van der Waals surface area (Å²) < 4.78 is 14.7. The molecule has 0 saturated carbocycles. The first kappa shape index (κ1) is 30.8. The molecule has 0 radical (unpaired) electrons. The van der Waals surface area contributed by atoms with Crippen LogP contribution >= 0.6 is 7.82 Å². The summed E-state index contributed by atoms with van der Waals surface area (Å²) >= 11 is 0. The number of nitrogens with one attached hydrogen (secondary N) is 1. The Balaban J connectivity index is 0. The summed E-state index contributed by atoms with van der Waals surface area (Å²) in [6.07, 6.45) is 19.9. The van der Waals surface area contributed by atoms with Gasteiger partial charge < -0.3 is 15.1 Å². The van der Waals surface area contributed by atoms with Gasteiger partial charge in [0.25, 0.3) is 0 Å². The van der Waals surface area contributed by atoms with Crippen LogP contribution in [0, 0.1) is 0 Å². The predicted octanol–water partition coefficient (Wildman–Crippen LogP) is 4.82. The van der Waals surface area contributed by atoms with Gasteiger partial charge in [-0.05, 0) is 6.42 Å². The number of unbranched alkanes of at least 4 members (excludes halogenated alkanes) is 14. The molecule has 0 aliphatic heterocycles. The van der Waals surface area contributed by atoms with E-state index >= 15 is 0 Å². The van der Waals surface area contributed by atoms with Crippen molar-refractivity contribution in [3.63, 3.8) is 0 Å². The van der Waals surface area contributed by atoms with E-state index < -0.39 is 7.82 Å². The molecule has 0 spiro atoms. The van der Waals surface area contributed by atoms with Crippen molar-refractivity contribution in [1.82, 2.24) is 5.32 Å². The maximum absolute atomic E-state index is 11.5. The number of amides is 1. The Morgan fingerprint density at radius 3 is 1.57 bits per heavy atom. The van der Waals surface area contributed by atoms with Crippen molar-refractivity contribution < 1.29 is 23.7 Å². The Labute approximate surface area is 194 Å². The first-order valence-electron chi connectivity index (χ1n) is 10.9. The molecular formula is C20H43NNaO5P. The van der Waals surface area contributed by atoms with Crippen LogP contribution in [0.3, 0.4) is 0 Å². The van der Waals surface area contributed by atoms with Gasteiger partial charge in [-0.1, -0.05) is 96.8 Å².